The van der Waals surface area contributed by atoms with Gasteiger partial charge in [-0.3, -0.25) is 9.78 Å². The summed E-state index contributed by atoms with van der Waals surface area (Å²) in [5, 5.41) is 11.7. The molecule has 1 aromatic carbocycles. The SMILES string of the molecule is O=C(O)c1ccc(-c2ccc(NC(=O)C3CC3)cn2)cc1. The Labute approximate surface area is 121 Å². The number of benzene rings is 1. The standard InChI is InChI=1S/C16H14N2O3/c19-15(11-3-4-11)18-13-7-8-14(17-9-13)10-1-5-12(6-2-10)16(20)21/h1-2,5-9,11H,3-4H2,(H,18,19)(H,20,21). The minimum absolute atomic E-state index is 0.0513. The fraction of sp³-hybridized carbons (Fsp3) is 0.188. The Morgan fingerprint density at radius 2 is 1.81 bits per heavy atom. The highest BCUT2D eigenvalue weighted by molar-refractivity contribution is 5.94. The zero-order chi connectivity index (χ0) is 14.8. The molecule has 21 heavy (non-hydrogen) atoms. The van der Waals surface area contributed by atoms with Crippen molar-refractivity contribution in [3.05, 3.63) is 48.2 Å². The summed E-state index contributed by atoms with van der Waals surface area (Å²) in [4.78, 5) is 26.7. The van der Waals surface area contributed by atoms with Crippen LogP contribution in [0.1, 0.15) is 23.2 Å². The van der Waals surface area contributed by atoms with E-state index in [0.29, 0.717) is 5.69 Å². The molecule has 1 heterocycles. The van der Waals surface area contributed by atoms with Crippen LogP contribution in [0.3, 0.4) is 0 Å². The highest BCUT2D eigenvalue weighted by atomic mass is 16.4. The van der Waals surface area contributed by atoms with Crippen LogP contribution in [0.4, 0.5) is 5.69 Å². The van der Waals surface area contributed by atoms with Crippen LogP contribution in [0.2, 0.25) is 0 Å². The maximum absolute atomic E-state index is 11.6. The quantitative estimate of drug-likeness (QED) is 0.903. The predicted octanol–water partition coefficient (Wildman–Crippen LogP) is 2.80. The van der Waals surface area contributed by atoms with Gasteiger partial charge in [-0.25, -0.2) is 4.79 Å². The van der Waals surface area contributed by atoms with Gasteiger partial charge in [-0.15, -0.1) is 0 Å². The van der Waals surface area contributed by atoms with E-state index in [1.165, 1.54) is 0 Å². The zero-order valence-corrected chi connectivity index (χ0v) is 11.2. The average molecular weight is 282 g/mol. The molecule has 0 spiro atoms. The molecule has 5 heteroatoms. The van der Waals surface area contributed by atoms with E-state index < -0.39 is 5.97 Å². The number of rotatable bonds is 4. The number of anilines is 1. The lowest BCUT2D eigenvalue weighted by molar-refractivity contribution is -0.117. The second kappa shape index (κ2) is 5.36. The second-order valence-corrected chi connectivity index (χ2v) is 5.08. The van der Waals surface area contributed by atoms with Gasteiger partial charge in [0.2, 0.25) is 5.91 Å². The summed E-state index contributed by atoms with van der Waals surface area (Å²) >= 11 is 0. The van der Waals surface area contributed by atoms with Crippen LogP contribution < -0.4 is 5.32 Å². The monoisotopic (exact) mass is 282 g/mol. The van der Waals surface area contributed by atoms with Crippen molar-refractivity contribution >= 4 is 17.6 Å². The van der Waals surface area contributed by atoms with E-state index in [9.17, 15) is 9.59 Å². The Bertz CT molecular complexity index is 674. The molecule has 106 valence electrons. The molecular formula is C16H14N2O3. The minimum Gasteiger partial charge on any atom is -0.478 e. The molecule has 5 nitrogen and oxygen atoms in total. The Hall–Kier alpha value is -2.69. The molecule has 1 fully saturated rings. The van der Waals surface area contributed by atoms with Crippen LogP contribution in [0.5, 0.6) is 0 Å². The van der Waals surface area contributed by atoms with E-state index >= 15 is 0 Å². The normalized spacial score (nSPS) is 13.7. The number of aromatic nitrogens is 1. The van der Waals surface area contributed by atoms with Crippen molar-refractivity contribution in [2.24, 2.45) is 5.92 Å². The summed E-state index contributed by atoms with van der Waals surface area (Å²) < 4.78 is 0. The second-order valence-electron chi connectivity index (χ2n) is 5.08. The number of carbonyl (C=O) groups excluding carboxylic acids is 1. The van der Waals surface area contributed by atoms with Crippen LogP contribution in [0.15, 0.2) is 42.6 Å². The van der Waals surface area contributed by atoms with E-state index in [1.807, 2.05) is 0 Å². The van der Waals surface area contributed by atoms with Gasteiger partial charge in [0.25, 0.3) is 0 Å². The van der Waals surface area contributed by atoms with Gasteiger partial charge < -0.3 is 10.4 Å². The highest BCUT2D eigenvalue weighted by Gasteiger charge is 2.29. The predicted molar refractivity (Wildman–Crippen MR) is 78.0 cm³/mol. The number of carbonyl (C=O) groups is 2. The van der Waals surface area contributed by atoms with Crippen LogP contribution in [-0.2, 0) is 4.79 Å². The van der Waals surface area contributed by atoms with E-state index in [4.69, 9.17) is 5.11 Å². The topological polar surface area (TPSA) is 79.3 Å². The molecule has 0 saturated heterocycles. The number of hydrogen-bond donors (Lipinski definition) is 2. The largest absolute Gasteiger partial charge is 0.478 e. The van der Waals surface area contributed by atoms with Crippen molar-refractivity contribution < 1.29 is 14.7 Å². The van der Waals surface area contributed by atoms with Gasteiger partial charge in [0.15, 0.2) is 0 Å². The first kappa shape index (κ1) is 13.3. The summed E-state index contributed by atoms with van der Waals surface area (Å²) in [6.45, 7) is 0. The molecule has 2 N–H and O–H groups in total. The number of aromatic carboxylic acids is 1. The van der Waals surface area contributed by atoms with Crippen LogP contribution >= 0.6 is 0 Å². The van der Waals surface area contributed by atoms with Gasteiger partial charge in [-0.2, -0.15) is 0 Å². The third kappa shape index (κ3) is 3.08. The zero-order valence-electron chi connectivity index (χ0n) is 11.2. The molecule has 0 unspecified atom stereocenters. The Morgan fingerprint density at radius 3 is 2.33 bits per heavy atom. The number of amides is 1. The molecule has 1 saturated carbocycles. The fourth-order valence-electron chi connectivity index (χ4n) is 2.01. The number of nitrogens with zero attached hydrogens (tertiary/aromatic N) is 1. The smallest absolute Gasteiger partial charge is 0.335 e. The number of pyridine rings is 1. The Balaban J connectivity index is 1.73. The third-order valence-corrected chi connectivity index (χ3v) is 3.41. The molecule has 1 amide bonds. The summed E-state index contributed by atoms with van der Waals surface area (Å²) in [6, 6.07) is 10.1. The van der Waals surface area contributed by atoms with E-state index in [2.05, 4.69) is 10.3 Å². The number of carboxylic acid groups (broad SMARTS) is 1. The number of hydrogen-bond acceptors (Lipinski definition) is 3. The molecule has 1 aliphatic rings. The lowest BCUT2D eigenvalue weighted by Crippen LogP contribution is -2.13. The lowest BCUT2D eigenvalue weighted by Gasteiger charge is -2.05. The van der Waals surface area contributed by atoms with Crippen molar-refractivity contribution in [1.82, 2.24) is 4.98 Å². The third-order valence-electron chi connectivity index (χ3n) is 3.41. The van der Waals surface area contributed by atoms with Gasteiger partial charge >= 0.3 is 5.97 Å². The summed E-state index contributed by atoms with van der Waals surface area (Å²) in [5.74, 6) is -0.740. The fourth-order valence-corrected chi connectivity index (χ4v) is 2.01. The van der Waals surface area contributed by atoms with Gasteiger partial charge in [-0.05, 0) is 37.1 Å². The minimum atomic E-state index is -0.951. The first-order valence-electron chi connectivity index (χ1n) is 6.74. The number of nitrogens with one attached hydrogen (secondary N) is 1. The van der Waals surface area contributed by atoms with Gasteiger partial charge in [-0.1, -0.05) is 12.1 Å². The van der Waals surface area contributed by atoms with Crippen molar-refractivity contribution in [2.75, 3.05) is 5.32 Å². The van der Waals surface area contributed by atoms with Crippen molar-refractivity contribution in [2.45, 2.75) is 12.8 Å². The Morgan fingerprint density at radius 1 is 1.10 bits per heavy atom. The lowest BCUT2D eigenvalue weighted by atomic mass is 10.1. The maximum atomic E-state index is 11.6. The van der Waals surface area contributed by atoms with Crippen LogP contribution in [0.25, 0.3) is 11.3 Å². The van der Waals surface area contributed by atoms with Gasteiger partial charge in [0.05, 0.1) is 23.1 Å². The molecule has 2 aromatic rings. The molecule has 1 aromatic heterocycles. The Kier molecular flexibility index (Phi) is 3.39. The summed E-state index contributed by atoms with van der Waals surface area (Å²) in [7, 11) is 0. The van der Waals surface area contributed by atoms with Crippen LogP contribution in [0, 0.1) is 5.92 Å². The highest BCUT2D eigenvalue weighted by Crippen LogP contribution is 2.30. The molecule has 1 aliphatic carbocycles. The van der Waals surface area contributed by atoms with E-state index in [0.717, 1.165) is 24.1 Å². The maximum Gasteiger partial charge on any atom is 0.335 e. The molecule has 3 rings (SSSR count). The molecule has 0 radical (unpaired) electrons. The molecule has 0 aliphatic heterocycles. The van der Waals surface area contributed by atoms with Gasteiger partial charge in [0, 0.05) is 11.5 Å². The average Bonchev–Trinajstić information content (AvgIpc) is 3.33. The summed E-state index contributed by atoms with van der Waals surface area (Å²) in [5.41, 5.74) is 2.49. The van der Waals surface area contributed by atoms with Crippen LogP contribution in [-0.4, -0.2) is 22.0 Å². The van der Waals surface area contributed by atoms with Crippen molar-refractivity contribution in [3.63, 3.8) is 0 Å². The first-order chi connectivity index (χ1) is 10.1. The molecule has 0 atom stereocenters. The van der Waals surface area contributed by atoms with Crippen molar-refractivity contribution in [1.29, 1.82) is 0 Å². The van der Waals surface area contributed by atoms with Gasteiger partial charge in [0.1, 0.15) is 0 Å². The first-order valence-corrected chi connectivity index (χ1v) is 6.74. The molecule has 0 bridgehead atoms. The van der Waals surface area contributed by atoms with E-state index in [-0.39, 0.29) is 17.4 Å². The van der Waals surface area contributed by atoms with E-state index in [1.54, 1.807) is 42.6 Å². The number of carboxylic acids is 1. The summed E-state index contributed by atoms with van der Waals surface area (Å²) in [6.07, 6.45) is 3.54. The van der Waals surface area contributed by atoms with Crippen molar-refractivity contribution in [3.8, 4) is 11.3 Å². The molecular weight excluding hydrogens is 268 g/mol.